The lowest BCUT2D eigenvalue weighted by molar-refractivity contribution is 0.560. The molecule has 2 heteroatoms. The fraction of sp³-hybridized carbons (Fsp3) is 0.875. The van der Waals surface area contributed by atoms with Gasteiger partial charge in [0.05, 0.1) is 4.99 Å². The van der Waals surface area contributed by atoms with Crippen molar-refractivity contribution in [1.29, 1.82) is 0 Å². The van der Waals surface area contributed by atoms with Crippen molar-refractivity contribution in [3.63, 3.8) is 0 Å². The Hall–Kier alpha value is -0.110. The lowest BCUT2D eigenvalue weighted by Crippen LogP contribution is -2.37. The van der Waals surface area contributed by atoms with Gasteiger partial charge in [0.1, 0.15) is 0 Å². The van der Waals surface area contributed by atoms with Crippen molar-refractivity contribution in [3.05, 3.63) is 0 Å². The molecule has 0 spiro atoms. The van der Waals surface area contributed by atoms with Gasteiger partial charge in [-0.2, -0.15) is 0 Å². The third-order valence-corrected chi connectivity index (χ3v) is 1.83. The molecule has 0 saturated heterocycles. The Morgan fingerprint density at radius 1 is 1.30 bits per heavy atom. The summed E-state index contributed by atoms with van der Waals surface area (Å²) >= 11 is 5.16. The minimum absolute atomic E-state index is 0.111. The summed E-state index contributed by atoms with van der Waals surface area (Å²) in [5.74, 6) is 0. The standard InChI is InChI=1S/C8H17NS/c1-6(2)9-7(10)8(3,4)5/h6H,1-5H3,(H,9,10). The second kappa shape index (κ2) is 3.33. The molecule has 0 rings (SSSR count). The van der Waals surface area contributed by atoms with E-state index in [4.69, 9.17) is 12.2 Å². The van der Waals surface area contributed by atoms with Crippen molar-refractivity contribution < 1.29 is 0 Å². The van der Waals surface area contributed by atoms with E-state index >= 15 is 0 Å². The zero-order valence-electron chi connectivity index (χ0n) is 7.49. The predicted molar refractivity (Wildman–Crippen MR) is 50.3 cm³/mol. The molecule has 0 bridgehead atoms. The first kappa shape index (κ1) is 9.89. The molecular formula is C8H17NS. The molecule has 0 aromatic rings. The van der Waals surface area contributed by atoms with Gasteiger partial charge in [-0.1, -0.05) is 33.0 Å². The minimum atomic E-state index is 0.111. The van der Waals surface area contributed by atoms with Crippen LogP contribution in [0.25, 0.3) is 0 Å². The molecule has 1 N–H and O–H groups in total. The normalized spacial score (nSPS) is 11.8. The van der Waals surface area contributed by atoms with E-state index in [2.05, 4.69) is 39.9 Å². The van der Waals surface area contributed by atoms with Crippen LogP contribution in [0.4, 0.5) is 0 Å². The highest BCUT2D eigenvalue weighted by molar-refractivity contribution is 7.80. The molecule has 0 aliphatic carbocycles. The van der Waals surface area contributed by atoms with Gasteiger partial charge in [-0.25, -0.2) is 0 Å². The lowest BCUT2D eigenvalue weighted by Gasteiger charge is -2.23. The van der Waals surface area contributed by atoms with E-state index in [-0.39, 0.29) is 5.41 Å². The summed E-state index contributed by atoms with van der Waals surface area (Å²) in [6, 6.07) is 0.451. The van der Waals surface area contributed by atoms with Crippen molar-refractivity contribution in [2.45, 2.75) is 40.7 Å². The number of thiocarbonyl (C=S) groups is 1. The SMILES string of the molecule is CC(C)NC(=S)C(C)(C)C. The van der Waals surface area contributed by atoms with Crippen molar-refractivity contribution in [2.75, 3.05) is 0 Å². The zero-order valence-corrected chi connectivity index (χ0v) is 8.30. The monoisotopic (exact) mass is 159 g/mol. The molecule has 1 nitrogen and oxygen atoms in total. The van der Waals surface area contributed by atoms with E-state index in [0.717, 1.165) is 4.99 Å². The predicted octanol–water partition coefficient (Wildman–Crippen LogP) is 2.36. The maximum absolute atomic E-state index is 5.16. The molecule has 0 amide bonds. The summed E-state index contributed by atoms with van der Waals surface area (Å²) in [6.45, 7) is 10.5. The highest BCUT2D eigenvalue weighted by atomic mass is 32.1. The fourth-order valence-electron chi connectivity index (χ4n) is 0.479. The molecule has 0 aliphatic heterocycles. The third-order valence-electron chi connectivity index (χ3n) is 1.10. The van der Waals surface area contributed by atoms with E-state index in [1.807, 2.05) is 0 Å². The Balaban J connectivity index is 3.87. The van der Waals surface area contributed by atoms with Crippen LogP contribution in [0, 0.1) is 5.41 Å². The maximum Gasteiger partial charge on any atom is 0.0809 e. The highest BCUT2D eigenvalue weighted by Gasteiger charge is 2.16. The molecule has 60 valence electrons. The van der Waals surface area contributed by atoms with Crippen molar-refractivity contribution >= 4 is 17.2 Å². The second-order valence-electron chi connectivity index (χ2n) is 3.88. The quantitative estimate of drug-likeness (QED) is 0.589. The first-order chi connectivity index (χ1) is 4.34. The molecule has 0 heterocycles. The van der Waals surface area contributed by atoms with E-state index in [1.54, 1.807) is 0 Å². The Kier molecular flexibility index (Phi) is 3.29. The van der Waals surface area contributed by atoms with Gasteiger partial charge in [-0.15, -0.1) is 0 Å². The van der Waals surface area contributed by atoms with Crippen LogP contribution in [0.3, 0.4) is 0 Å². The maximum atomic E-state index is 5.16. The molecule has 0 saturated carbocycles. The number of hydrogen-bond donors (Lipinski definition) is 1. The zero-order chi connectivity index (χ0) is 8.36. The van der Waals surface area contributed by atoms with Crippen molar-refractivity contribution in [1.82, 2.24) is 5.32 Å². The van der Waals surface area contributed by atoms with Gasteiger partial charge in [0.2, 0.25) is 0 Å². The second-order valence-corrected chi connectivity index (χ2v) is 4.29. The number of hydrogen-bond acceptors (Lipinski definition) is 1. The van der Waals surface area contributed by atoms with Gasteiger partial charge < -0.3 is 5.32 Å². The number of rotatable bonds is 1. The summed E-state index contributed by atoms with van der Waals surface area (Å²) in [5, 5.41) is 3.21. The first-order valence-corrected chi connectivity index (χ1v) is 4.06. The highest BCUT2D eigenvalue weighted by Crippen LogP contribution is 2.14. The van der Waals surface area contributed by atoms with Crippen LogP contribution in [0.15, 0.2) is 0 Å². The molecule has 0 atom stereocenters. The summed E-state index contributed by atoms with van der Waals surface area (Å²) in [5.41, 5.74) is 0.111. The third kappa shape index (κ3) is 3.83. The van der Waals surface area contributed by atoms with Crippen LogP contribution in [-0.2, 0) is 0 Å². The first-order valence-electron chi connectivity index (χ1n) is 3.65. The summed E-state index contributed by atoms with van der Waals surface area (Å²) in [6.07, 6.45) is 0. The average molecular weight is 159 g/mol. The van der Waals surface area contributed by atoms with Crippen LogP contribution in [0.2, 0.25) is 0 Å². The van der Waals surface area contributed by atoms with E-state index in [0.29, 0.717) is 6.04 Å². The molecule has 0 unspecified atom stereocenters. The lowest BCUT2D eigenvalue weighted by atomic mass is 9.96. The Bertz CT molecular complexity index is 122. The topological polar surface area (TPSA) is 12.0 Å². The van der Waals surface area contributed by atoms with Gasteiger partial charge in [0, 0.05) is 11.5 Å². The summed E-state index contributed by atoms with van der Waals surface area (Å²) < 4.78 is 0. The summed E-state index contributed by atoms with van der Waals surface area (Å²) in [4.78, 5) is 0.947. The van der Waals surface area contributed by atoms with Gasteiger partial charge in [-0.05, 0) is 13.8 Å². The van der Waals surface area contributed by atoms with Crippen molar-refractivity contribution in [2.24, 2.45) is 5.41 Å². The Labute approximate surface area is 69.2 Å². The molecule has 0 aromatic heterocycles. The van der Waals surface area contributed by atoms with Crippen LogP contribution < -0.4 is 5.32 Å². The smallest absolute Gasteiger partial charge is 0.0809 e. The Morgan fingerprint density at radius 2 is 1.70 bits per heavy atom. The molecule has 0 aliphatic rings. The molecular weight excluding hydrogens is 142 g/mol. The van der Waals surface area contributed by atoms with E-state index < -0.39 is 0 Å². The van der Waals surface area contributed by atoms with Crippen molar-refractivity contribution in [3.8, 4) is 0 Å². The van der Waals surface area contributed by atoms with Gasteiger partial charge in [0.25, 0.3) is 0 Å². The van der Waals surface area contributed by atoms with Gasteiger partial charge in [-0.3, -0.25) is 0 Å². The number of nitrogens with one attached hydrogen (secondary N) is 1. The van der Waals surface area contributed by atoms with Crippen LogP contribution >= 0.6 is 12.2 Å². The molecule has 10 heavy (non-hydrogen) atoms. The van der Waals surface area contributed by atoms with Crippen LogP contribution in [0.5, 0.6) is 0 Å². The molecule has 0 fully saturated rings. The molecule has 0 radical (unpaired) electrons. The Morgan fingerprint density at radius 3 is 1.80 bits per heavy atom. The minimum Gasteiger partial charge on any atom is -0.377 e. The average Bonchev–Trinajstić information content (AvgIpc) is 1.60. The van der Waals surface area contributed by atoms with Gasteiger partial charge >= 0.3 is 0 Å². The van der Waals surface area contributed by atoms with E-state index in [1.165, 1.54) is 0 Å². The van der Waals surface area contributed by atoms with Crippen LogP contribution in [0.1, 0.15) is 34.6 Å². The molecule has 0 aromatic carbocycles. The fourth-order valence-corrected chi connectivity index (χ4v) is 0.714. The van der Waals surface area contributed by atoms with Crippen LogP contribution in [-0.4, -0.2) is 11.0 Å². The van der Waals surface area contributed by atoms with E-state index in [9.17, 15) is 0 Å². The summed E-state index contributed by atoms with van der Waals surface area (Å²) in [7, 11) is 0. The largest absolute Gasteiger partial charge is 0.377 e. The van der Waals surface area contributed by atoms with Gasteiger partial charge in [0.15, 0.2) is 0 Å².